The Balaban J connectivity index is 2.65. The zero-order valence-corrected chi connectivity index (χ0v) is 11.9. The Morgan fingerprint density at radius 2 is 1.70 bits per heavy atom. The Labute approximate surface area is 118 Å². The van der Waals surface area contributed by atoms with Gasteiger partial charge in [-0.15, -0.1) is 0 Å². The van der Waals surface area contributed by atoms with Crippen LogP contribution in [0, 0.1) is 0 Å². The molecule has 0 amide bonds. The molecule has 1 aromatic rings. The summed E-state index contributed by atoms with van der Waals surface area (Å²) in [7, 11) is 0. The van der Waals surface area contributed by atoms with Crippen LogP contribution in [-0.4, -0.2) is 25.2 Å². The Hall–Kier alpha value is -2.30. The van der Waals surface area contributed by atoms with Gasteiger partial charge < -0.3 is 14.8 Å². The fourth-order valence-corrected chi connectivity index (χ4v) is 1.53. The molecule has 0 aromatic heterocycles. The first-order valence-corrected chi connectivity index (χ1v) is 6.46. The normalized spacial score (nSPS) is 10.8. The van der Waals surface area contributed by atoms with Crippen LogP contribution in [0.15, 0.2) is 36.0 Å². The van der Waals surface area contributed by atoms with Crippen LogP contribution in [-0.2, 0) is 14.3 Å². The van der Waals surface area contributed by atoms with Gasteiger partial charge in [0, 0.05) is 17.5 Å². The lowest BCUT2D eigenvalue weighted by molar-refractivity contribution is -0.137. The summed E-state index contributed by atoms with van der Waals surface area (Å²) < 4.78 is 9.71. The van der Waals surface area contributed by atoms with Crippen molar-refractivity contribution >= 4 is 17.6 Å². The molecule has 1 aromatic carbocycles. The van der Waals surface area contributed by atoms with Crippen LogP contribution >= 0.6 is 0 Å². The molecule has 0 unspecified atom stereocenters. The summed E-state index contributed by atoms with van der Waals surface area (Å²) in [5.41, 5.74) is 1.92. The third kappa shape index (κ3) is 5.14. The van der Waals surface area contributed by atoms with Gasteiger partial charge >= 0.3 is 11.9 Å². The van der Waals surface area contributed by atoms with E-state index >= 15 is 0 Å². The minimum Gasteiger partial charge on any atom is -0.463 e. The van der Waals surface area contributed by atoms with Gasteiger partial charge in [-0.2, -0.15) is 0 Å². The van der Waals surface area contributed by atoms with Crippen molar-refractivity contribution in [3.63, 3.8) is 0 Å². The molecule has 0 radical (unpaired) electrons. The molecule has 0 heterocycles. The molecule has 0 saturated carbocycles. The molecule has 0 fully saturated rings. The number of anilines is 1. The van der Waals surface area contributed by atoms with Crippen molar-refractivity contribution < 1.29 is 19.1 Å². The maximum atomic E-state index is 11.5. The van der Waals surface area contributed by atoms with Gasteiger partial charge in [-0.05, 0) is 45.0 Å². The molecule has 0 aliphatic carbocycles. The number of carbonyl (C=O) groups excluding carboxylic acids is 2. The second kappa shape index (κ2) is 7.99. The van der Waals surface area contributed by atoms with Crippen molar-refractivity contribution in [2.24, 2.45) is 0 Å². The molecule has 1 N–H and O–H groups in total. The standard InChI is InChI=1S/C15H19NO4/c1-4-19-14(17)10-11(3)16-13-8-6-12(7-9-13)15(18)20-5-2/h6-10,16H,4-5H2,1-3H3/b11-10+. The van der Waals surface area contributed by atoms with Gasteiger partial charge in [-0.1, -0.05) is 0 Å². The van der Waals surface area contributed by atoms with E-state index in [0.717, 1.165) is 5.69 Å². The number of esters is 2. The molecule has 20 heavy (non-hydrogen) atoms. The Kier molecular flexibility index (Phi) is 6.29. The predicted molar refractivity (Wildman–Crippen MR) is 76.4 cm³/mol. The molecule has 1 rings (SSSR count). The van der Waals surface area contributed by atoms with Crippen molar-refractivity contribution in [2.75, 3.05) is 18.5 Å². The monoisotopic (exact) mass is 277 g/mol. The minimum absolute atomic E-state index is 0.344. The van der Waals surface area contributed by atoms with E-state index in [-0.39, 0.29) is 11.9 Å². The lowest BCUT2D eigenvalue weighted by Gasteiger charge is -2.07. The number of rotatable bonds is 6. The van der Waals surface area contributed by atoms with Crippen LogP contribution in [0.1, 0.15) is 31.1 Å². The van der Waals surface area contributed by atoms with Gasteiger partial charge in [0.15, 0.2) is 0 Å². The van der Waals surface area contributed by atoms with Gasteiger partial charge in [0.05, 0.1) is 18.8 Å². The van der Waals surface area contributed by atoms with E-state index in [9.17, 15) is 9.59 Å². The average Bonchev–Trinajstić information content (AvgIpc) is 2.39. The lowest BCUT2D eigenvalue weighted by atomic mass is 10.2. The highest BCUT2D eigenvalue weighted by molar-refractivity contribution is 5.90. The molecule has 0 atom stereocenters. The number of carbonyl (C=O) groups is 2. The fourth-order valence-electron chi connectivity index (χ4n) is 1.53. The van der Waals surface area contributed by atoms with Gasteiger partial charge in [-0.3, -0.25) is 0 Å². The third-order valence-electron chi connectivity index (χ3n) is 2.36. The number of hydrogen-bond acceptors (Lipinski definition) is 5. The van der Waals surface area contributed by atoms with Crippen LogP contribution in [0.5, 0.6) is 0 Å². The van der Waals surface area contributed by atoms with E-state index in [4.69, 9.17) is 9.47 Å². The highest BCUT2D eigenvalue weighted by atomic mass is 16.5. The molecule has 5 heteroatoms. The third-order valence-corrected chi connectivity index (χ3v) is 2.36. The Bertz CT molecular complexity index is 491. The molecule has 0 aliphatic heterocycles. The molecule has 0 aliphatic rings. The fraction of sp³-hybridized carbons (Fsp3) is 0.333. The van der Waals surface area contributed by atoms with Crippen molar-refractivity contribution in [3.8, 4) is 0 Å². The van der Waals surface area contributed by atoms with Crippen molar-refractivity contribution in [3.05, 3.63) is 41.6 Å². The topological polar surface area (TPSA) is 64.6 Å². The number of hydrogen-bond donors (Lipinski definition) is 1. The molecule has 0 saturated heterocycles. The van der Waals surface area contributed by atoms with E-state index in [0.29, 0.717) is 24.5 Å². The first kappa shape index (κ1) is 15.8. The highest BCUT2D eigenvalue weighted by Crippen LogP contribution is 2.12. The van der Waals surface area contributed by atoms with Gasteiger partial charge in [-0.25, -0.2) is 9.59 Å². The van der Waals surface area contributed by atoms with E-state index in [1.807, 2.05) is 0 Å². The van der Waals surface area contributed by atoms with E-state index in [1.165, 1.54) is 6.08 Å². The number of nitrogens with one attached hydrogen (secondary N) is 1. The van der Waals surface area contributed by atoms with Gasteiger partial charge in [0.25, 0.3) is 0 Å². The van der Waals surface area contributed by atoms with Crippen LogP contribution in [0.4, 0.5) is 5.69 Å². The Morgan fingerprint density at radius 3 is 2.25 bits per heavy atom. The number of ether oxygens (including phenoxy) is 2. The minimum atomic E-state index is -0.388. The summed E-state index contributed by atoms with van der Waals surface area (Å²) in [6.45, 7) is 5.97. The first-order valence-electron chi connectivity index (χ1n) is 6.46. The van der Waals surface area contributed by atoms with Crippen LogP contribution in [0.25, 0.3) is 0 Å². The number of allylic oxidation sites excluding steroid dienone is 1. The van der Waals surface area contributed by atoms with Crippen LogP contribution < -0.4 is 5.32 Å². The van der Waals surface area contributed by atoms with E-state index in [2.05, 4.69) is 5.32 Å². The molecular formula is C15H19NO4. The van der Waals surface area contributed by atoms with Crippen LogP contribution in [0.2, 0.25) is 0 Å². The van der Waals surface area contributed by atoms with Gasteiger partial charge in [0.2, 0.25) is 0 Å². The smallest absolute Gasteiger partial charge is 0.338 e. The summed E-state index contributed by atoms with van der Waals surface area (Å²) in [5.74, 6) is -0.738. The van der Waals surface area contributed by atoms with Crippen LogP contribution in [0.3, 0.4) is 0 Å². The van der Waals surface area contributed by atoms with Crippen molar-refractivity contribution in [1.82, 2.24) is 0 Å². The molecule has 5 nitrogen and oxygen atoms in total. The summed E-state index contributed by atoms with van der Waals surface area (Å²) in [6.07, 6.45) is 1.38. The zero-order chi connectivity index (χ0) is 15.0. The summed E-state index contributed by atoms with van der Waals surface area (Å²) in [5, 5.41) is 3.04. The predicted octanol–water partition coefficient (Wildman–Crippen LogP) is 2.74. The number of benzene rings is 1. The zero-order valence-electron chi connectivity index (χ0n) is 11.9. The summed E-state index contributed by atoms with van der Waals surface area (Å²) in [4.78, 5) is 22.7. The largest absolute Gasteiger partial charge is 0.463 e. The van der Waals surface area contributed by atoms with Crippen molar-refractivity contribution in [1.29, 1.82) is 0 Å². The maximum Gasteiger partial charge on any atom is 0.338 e. The first-order chi connectivity index (χ1) is 9.56. The molecular weight excluding hydrogens is 258 g/mol. The van der Waals surface area contributed by atoms with E-state index in [1.54, 1.807) is 45.0 Å². The average molecular weight is 277 g/mol. The summed E-state index contributed by atoms with van der Waals surface area (Å²) >= 11 is 0. The second-order valence-corrected chi connectivity index (χ2v) is 4.00. The molecule has 0 bridgehead atoms. The Morgan fingerprint density at radius 1 is 1.10 bits per heavy atom. The molecule has 0 spiro atoms. The quantitative estimate of drug-likeness (QED) is 0.640. The van der Waals surface area contributed by atoms with Gasteiger partial charge in [0.1, 0.15) is 0 Å². The van der Waals surface area contributed by atoms with Crippen molar-refractivity contribution in [2.45, 2.75) is 20.8 Å². The maximum absolute atomic E-state index is 11.5. The molecule has 108 valence electrons. The SMILES string of the molecule is CCOC(=O)/C=C(\C)Nc1ccc(C(=O)OCC)cc1. The van der Waals surface area contributed by atoms with E-state index < -0.39 is 0 Å². The summed E-state index contributed by atoms with van der Waals surface area (Å²) in [6, 6.07) is 6.82. The second-order valence-electron chi connectivity index (χ2n) is 4.00. The highest BCUT2D eigenvalue weighted by Gasteiger charge is 2.05. The lowest BCUT2D eigenvalue weighted by Crippen LogP contribution is -2.06.